The van der Waals surface area contributed by atoms with Crippen molar-refractivity contribution in [2.24, 2.45) is 0 Å². The van der Waals surface area contributed by atoms with Crippen LogP contribution in [0.25, 0.3) is 63.3 Å². The molecule has 0 unspecified atom stereocenters. The van der Waals surface area contributed by atoms with Gasteiger partial charge in [-0.05, 0) is 44.5 Å². The number of anilines is 2. The number of hydrogen-bond acceptors (Lipinski definition) is 2. The van der Waals surface area contributed by atoms with Crippen LogP contribution in [0.5, 0.6) is 0 Å². The van der Waals surface area contributed by atoms with E-state index in [4.69, 9.17) is 0 Å². The van der Waals surface area contributed by atoms with Crippen molar-refractivity contribution in [1.82, 2.24) is 0 Å². The topological polar surface area (TPSA) is 12.0 Å². The van der Waals surface area contributed by atoms with Crippen molar-refractivity contribution >= 4 is 86.0 Å². The summed E-state index contributed by atoms with van der Waals surface area (Å²) in [5.41, 5.74) is 2.29. The number of fused-ring (bicyclic) bond motifs is 10. The summed E-state index contributed by atoms with van der Waals surface area (Å²) in [6, 6.07) is 44.0. The third-order valence-corrected chi connectivity index (χ3v) is 8.59. The first-order valence-corrected chi connectivity index (χ1v) is 13.1. The summed E-state index contributed by atoms with van der Waals surface area (Å²) in [4.78, 5) is 0. The Hall–Kier alpha value is -4.40. The van der Waals surface area contributed by atoms with E-state index < -0.39 is 0 Å². The minimum absolute atomic E-state index is 1.14. The molecular weight excluding hydrogens is 454 g/mol. The van der Waals surface area contributed by atoms with Crippen molar-refractivity contribution in [3.63, 3.8) is 0 Å². The molecule has 1 N–H and O–H groups in total. The molecule has 8 rings (SSSR count). The Bertz CT molecular complexity index is 2130. The van der Waals surface area contributed by atoms with Gasteiger partial charge in [0, 0.05) is 42.3 Å². The highest BCUT2D eigenvalue weighted by Gasteiger charge is 2.15. The summed E-state index contributed by atoms with van der Waals surface area (Å²) in [5, 5.41) is 16.8. The maximum atomic E-state index is 3.86. The van der Waals surface area contributed by atoms with Gasteiger partial charge in [0.15, 0.2) is 0 Å². The van der Waals surface area contributed by atoms with Crippen LogP contribution in [0, 0.1) is 0 Å². The zero-order valence-electron chi connectivity index (χ0n) is 19.5. The molecule has 1 nitrogen and oxygen atoms in total. The van der Waals surface area contributed by atoms with Gasteiger partial charge < -0.3 is 5.32 Å². The Morgan fingerprint density at radius 1 is 0.417 bits per heavy atom. The minimum Gasteiger partial charge on any atom is -0.354 e. The van der Waals surface area contributed by atoms with Gasteiger partial charge >= 0.3 is 0 Å². The van der Waals surface area contributed by atoms with Crippen LogP contribution < -0.4 is 5.32 Å². The summed E-state index contributed by atoms with van der Waals surface area (Å²) in [6.07, 6.45) is 0. The fraction of sp³-hybridized carbons (Fsp3) is 0. The first-order valence-electron chi connectivity index (χ1n) is 12.3. The molecule has 0 saturated heterocycles. The molecule has 0 amide bonds. The molecule has 168 valence electrons. The lowest BCUT2D eigenvalue weighted by molar-refractivity contribution is 1.64. The van der Waals surface area contributed by atoms with E-state index in [1.54, 1.807) is 0 Å². The molecule has 0 atom stereocenters. The van der Waals surface area contributed by atoms with Gasteiger partial charge in [0.1, 0.15) is 0 Å². The SMILES string of the molecule is c1ccc2c(c1)cc(Nc1cc3sc4c5ccccc5ccc4c3c3ccccc13)c1ccccc12. The summed E-state index contributed by atoms with van der Waals surface area (Å²) in [6.45, 7) is 0. The third-order valence-electron chi connectivity index (χ3n) is 7.41. The van der Waals surface area contributed by atoms with E-state index in [9.17, 15) is 0 Å². The molecule has 0 fully saturated rings. The van der Waals surface area contributed by atoms with Gasteiger partial charge in [0.2, 0.25) is 0 Å². The molecule has 1 aromatic heterocycles. The number of benzene rings is 7. The van der Waals surface area contributed by atoms with Crippen molar-refractivity contribution in [2.45, 2.75) is 0 Å². The van der Waals surface area contributed by atoms with Crippen molar-refractivity contribution in [3.8, 4) is 0 Å². The molecular formula is C34H21NS. The average molecular weight is 476 g/mol. The number of thiophene rings is 1. The van der Waals surface area contributed by atoms with Crippen molar-refractivity contribution in [1.29, 1.82) is 0 Å². The smallest absolute Gasteiger partial charge is 0.0478 e. The molecule has 0 aliphatic carbocycles. The molecule has 2 heteroatoms. The van der Waals surface area contributed by atoms with E-state index in [-0.39, 0.29) is 0 Å². The third kappa shape index (κ3) is 2.82. The second-order valence-electron chi connectivity index (χ2n) is 9.42. The first-order chi connectivity index (χ1) is 17.8. The Morgan fingerprint density at radius 3 is 1.81 bits per heavy atom. The summed E-state index contributed by atoms with van der Waals surface area (Å²) in [5.74, 6) is 0. The molecule has 36 heavy (non-hydrogen) atoms. The van der Waals surface area contributed by atoms with Crippen molar-refractivity contribution < 1.29 is 0 Å². The molecule has 8 aromatic rings. The molecule has 0 spiro atoms. The van der Waals surface area contributed by atoms with Gasteiger partial charge in [-0.2, -0.15) is 0 Å². The normalized spacial score (nSPS) is 11.9. The highest BCUT2D eigenvalue weighted by Crippen LogP contribution is 2.45. The standard InChI is InChI=1S/C34H21NS/c1-4-12-24-21(9-1)17-18-29-33-28-16-8-7-15-27(28)31(20-32(33)36-34(24)29)35-30-19-22-10-2-3-11-23(22)25-13-5-6-14-26(25)30/h1-20,35H. The van der Waals surface area contributed by atoms with E-state index >= 15 is 0 Å². The Labute approximate surface area is 212 Å². The summed E-state index contributed by atoms with van der Waals surface area (Å²) < 4.78 is 2.68. The van der Waals surface area contributed by atoms with Crippen LogP contribution in [0.4, 0.5) is 11.4 Å². The fourth-order valence-corrected chi connectivity index (χ4v) is 7.07. The molecule has 0 saturated carbocycles. The van der Waals surface area contributed by atoms with Gasteiger partial charge in [0.05, 0.1) is 0 Å². The Balaban J connectivity index is 1.43. The van der Waals surface area contributed by atoms with Crippen LogP contribution in [0.3, 0.4) is 0 Å². The van der Waals surface area contributed by atoms with Crippen LogP contribution in [-0.4, -0.2) is 0 Å². The Morgan fingerprint density at radius 2 is 1.00 bits per heavy atom. The second kappa shape index (κ2) is 7.55. The number of nitrogens with one attached hydrogen (secondary N) is 1. The summed E-state index contributed by atoms with van der Waals surface area (Å²) >= 11 is 1.90. The maximum Gasteiger partial charge on any atom is 0.0478 e. The van der Waals surface area contributed by atoms with Gasteiger partial charge in [-0.25, -0.2) is 0 Å². The predicted molar refractivity (Wildman–Crippen MR) is 159 cm³/mol. The highest BCUT2D eigenvalue weighted by molar-refractivity contribution is 7.27. The molecule has 0 aliphatic rings. The van der Waals surface area contributed by atoms with Crippen LogP contribution in [-0.2, 0) is 0 Å². The highest BCUT2D eigenvalue weighted by atomic mass is 32.1. The van der Waals surface area contributed by atoms with Gasteiger partial charge in [-0.15, -0.1) is 11.3 Å². The van der Waals surface area contributed by atoms with Crippen LogP contribution in [0.2, 0.25) is 0 Å². The predicted octanol–water partition coefficient (Wildman–Crippen LogP) is 10.4. The average Bonchev–Trinajstić information content (AvgIpc) is 3.32. The van der Waals surface area contributed by atoms with E-state index in [1.165, 1.54) is 63.3 Å². The van der Waals surface area contributed by atoms with E-state index in [1.807, 2.05) is 11.3 Å². The lowest BCUT2D eigenvalue weighted by Gasteiger charge is -2.15. The Kier molecular flexibility index (Phi) is 4.16. The van der Waals surface area contributed by atoms with Gasteiger partial charge in [-0.3, -0.25) is 0 Å². The van der Waals surface area contributed by atoms with Gasteiger partial charge in [0.25, 0.3) is 0 Å². The molecule has 0 aliphatic heterocycles. The zero-order chi connectivity index (χ0) is 23.6. The van der Waals surface area contributed by atoms with Crippen LogP contribution in [0.15, 0.2) is 121 Å². The van der Waals surface area contributed by atoms with E-state index in [0.717, 1.165) is 11.4 Å². The monoisotopic (exact) mass is 475 g/mol. The zero-order valence-corrected chi connectivity index (χ0v) is 20.3. The minimum atomic E-state index is 1.14. The lowest BCUT2D eigenvalue weighted by atomic mass is 9.98. The van der Waals surface area contributed by atoms with Crippen LogP contribution in [0.1, 0.15) is 0 Å². The molecule has 7 aromatic carbocycles. The van der Waals surface area contributed by atoms with E-state index in [2.05, 4.69) is 127 Å². The number of rotatable bonds is 2. The molecule has 0 radical (unpaired) electrons. The van der Waals surface area contributed by atoms with Crippen molar-refractivity contribution in [3.05, 3.63) is 121 Å². The van der Waals surface area contributed by atoms with E-state index in [0.29, 0.717) is 0 Å². The lowest BCUT2D eigenvalue weighted by Crippen LogP contribution is -1.94. The largest absolute Gasteiger partial charge is 0.354 e. The first kappa shape index (κ1) is 19.9. The maximum absolute atomic E-state index is 3.86. The van der Waals surface area contributed by atoms with Crippen LogP contribution >= 0.6 is 11.3 Å². The summed E-state index contributed by atoms with van der Waals surface area (Å²) in [7, 11) is 0. The molecule has 0 bridgehead atoms. The molecule has 1 heterocycles. The quantitative estimate of drug-likeness (QED) is 0.245. The second-order valence-corrected chi connectivity index (χ2v) is 10.5. The number of hydrogen-bond donors (Lipinski definition) is 1. The fourth-order valence-electron chi connectivity index (χ4n) is 5.77. The van der Waals surface area contributed by atoms with Crippen molar-refractivity contribution in [2.75, 3.05) is 5.32 Å². The van der Waals surface area contributed by atoms with Gasteiger partial charge in [-0.1, -0.05) is 109 Å².